The Morgan fingerprint density at radius 3 is 3.12 bits per heavy atom. The zero-order chi connectivity index (χ0) is 12.3. The Morgan fingerprint density at radius 1 is 1.71 bits per heavy atom. The Bertz CT molecular complexity index is 379. The summed E-state index contributed by atoms with van der Waals surface area (Å²) in [6.45, 7) is 2.69. The molecule has 2 unspecified atom stereocenters. The van der Waals surface area contributed by atoms with Crippen LogP contribution in [0.4, 0.5) is 0 Å². The second-order valence-corrected chi connectivity index (χ2v) is 5.71. The van der Waals surface area contributed by atoms with Crippen LogP contribution in [0.3, 0.4) is 0 Å². The number of amides is 1. The van der Waals surface area contributed by atoms with Crippen LogP contribution in [-0.4, -0.2) is 23.0 Å². The van der Waals surface area contributed by atoms with Crippen LogP contribution in [-0.2, 0) is 0 Å². The zero-order valence-corrected chi connectivity index (χ0v) is 10.9. The van der Waals surface area contributed by atoms with Crippen LogP contribution in [0.1, 0.15) is 42.3 Å². The molecule has 4 nitrogen and oxygen atoms in total. The van der Waals surface area contributed by atoms with E-state index < -0.39 is 0 Å². The highest BCUT2D eigenvalue weighted by Crippen LogP contribution is 2.33. The highest BCUT2D eigenvalue weighted by atomic mass is 32.1. The molecule has 2 atom stereocenters. The van der Waals surface area contributed by atoms with Crippen LogP contribution >= 0.6 is 11.3 Å². The van der Waals surface area contributed by atoms with Crippen LogP contribution in [0.5, 0.6) is 0 Å². The minimum Gasteiger partial charge on any atom is -0.344 e. The number of nitrogens with one attached hydrogen (secondary N) is 1. The lowest BCUT2D eigenvalue weighted by molar-refractivity contribution is 0.0817. The van der Waals surface area contributed by atoms with Gasteiger partial charge in [-0.05, 0) is 18.8 Å². The summed E-state index contributed by atoms with van der Waals surface area (Å²) in [6, 6.07) is 0. The average molecular weight is 253 g/mol. The number of nitrogens with zero attached hydrogens (tertiary/aromatic N) is 1. The highest BCUT2D eigenvalue weighted by molar-refractivity contribution is 7.11. The fourth-order valence-electron chi connectivity index (χ4n) is 2.57. The second-order valence-electron chi connectivity index (χ2n) is 4.83. The summed E-state index contributed by atoms with van der Waals surface area (Å²) in [5.41, 5.74) is 7.36. The van der Waals surface area contributed by atoms with Crippen molar-refractivity contribution in [1.82, 2.24) is 10.3 Å². The molecule has 0 saturated heterocycles. The first-order chi connectivity index (χ1) is 8.18. The fourth-order valence-corrected chi connectivity index (χ4v) is 3.08. The maximum Gasteiger partial charge on any atom is 0.263 e. The normalized spacial score (nSPS) is 28.9. The summed E-state index contributed by atoms with van der Waals surface area (Å²) >= 11 is 1.37. The van der Waals surface area contributed by atoms with Gasteiger partial charge in [-0.2, -0.15) is 0 Å². The molecule has 0 aromatic carbocycles. The number of hydrogen-bond donors (Lipinski definition) is 2. The highest BCUT2D eigenvalue weighted by Gasteiger charge is 2.38. The smallest absolute Gasteiger partial charge is 0.263 e. The summed E-state index contributed by atoms with van der Waals surface area (Å²) in [6.07, 6.45) is 6.11. The van der Waals surface area contributed by atoms with Gasteiger partial charge in [0.25, 0.3) is 5.91 Å². The molecule has 1 heterocycles. The van der Waals surface area contributed by atoms with E-state index in [9.17, 15) is 4.79 Å². The van der Waals surface area contributed by atoms with Crippen molar-refractivity contribution in [3.8, 4) is 0 Å². The van der Waals surface area contributed by atoms with Gasteiger partial charge < -0.3 is 11.1 Å². The number of carbonyl (C=O) groups is 1. The monoisotopic (exact) mass is 253 g/mol. The SMILES string of the molecule is CC1CCCCC1(CN)NC(=O)c1cncs1. The van der Waals surface area contributed by atoms with E-state index in [1.807, 2.05) is 0 Å². The second kappa shape index (κ2) is 5.14. The molecule has 1 amide bonds. The van der Waals surface area contributed by atoms with Crippen LogP contribution in [0.2, 0.25) is 0 Å². The van der Waals surface area contributed by atoms with Crippen molar-refractivity contribution >= 4 is 17.2 Å². The molecule has 94 valence electrons. The molecule has 0 aliphatic heterocycles. The van der Waals surface area contributed by atoms with Crippen molar-refractivity contribution in [1.29, 1.82) is 0 Å². The Hall–Kier alpha value is -0.940. The minimum absolute atomic E-state index is 0.0355. The quantitative estimate of drug-likeness (QED) is 0.863. The number of carbonyl (C=O) groups excluding carboxylic acids is 1. The van der Waals surface area contributed by atoms with Gasteiger partial charge in [0.2, 0.25) is 0 Å². The van der Waals surface area contributed by atoms with Gasteiger partial charge in [0.15, 0.2) is 0 Å². The van der Waals surface area contributed by atoms with Gasteiger partial charge in [0.1, 0.15) is 4.88 Å². The predicted octanol–water partition coefficient (Wildman–Crippen LogP) is 1.78. The minimum atomic E-state index is -0.223. The molecule has 1 aliphatic carbocycles. The topological polar surface area (TPSA) is 68.0 Å². The van der Waals surface area contributed by atoms with E-state index in [1.165, 1.54) is 17.8 Å². The van der Waals surface area contributed by atoms with E-state index in [0.29, 0.717) is 17.3 Å². The molecule has 1 aliphatic rings. The van der Waals surface area contributed by atoms with Gasteiger partial charge in [0, 0.05) is 6.54 Å². The van der Waals surface area contributed by atoms with Crippen molar-refractivity contribution < 1.29 is 4.79 Å². The Balaban J connectivity index is 2.11. The summed E-state index contributed by atoms with van der Waals surface area (Å²) in [5.74, 6) is 0.407. The third kappa shape index (κ3) is 2.50. The average Bonchev–Trinajstić information content (AvgIpc) is 2.86. The van der Waals surface area contributed by atoms with E-state index in [4.69, 9.17) is 5.73 Å². The van der Waals surface area contributed by atoms with Crippen molar-refractivity contribution in [2.75, 3.05) is 6.54 Å². The molecule has 1 aromatic heterocycles. The molecule has 0 bridgehead atoms. The summed E-state index contributed by atoms with van der Waals surface area (Å²) < 4.78 is 0. The Labute approximate surface area is 106 Å². The van der Waals surface area contributed by atoms with E-state index in [1.54, 1.807) is 11.7 Å². The Kier molecular flexibility index (Phi) is 3.79. The summed E-state index contributed by atoms with van der Waals surface area (Å²) in [4.78, 5) is 16.7. The molecule has 17 heavy (non-hydrogen) atoms. The molecule has 0 radical (unpaired) electrons. The standard InChI is InChI=1S/C12H19N3OS/c1-9-4-2-3-5-12(9,7-13)15-11(16)10-6-14-8-17-10/h6,8-9H,2-5,7,13H2,1H3,(H,15,16). The van der Waals surface area contributed by atoms with Gasteiger partial charge in [-0.15, -0.1) is 11.3 Å². The zero-order valence-electron chi connectivity index (χ0n) is 10.1. The van der Waals surface area contributed by atoms with Gasteiger partial charge >= 0.3 is 0 Å². The molecular formula is C12H19N3OS. The lowest BCUT2D eigenvalue weighted by Gasteiger charge is -2.42. The van der Waals surface area contributed by atoms with E-state index in [2.05, 4.69) is 17.2 Å². The predicted molar refractivity (Wildman–Crippen MR) is 69.0 cm³/mol. The number of thiazole rings is 1. The van der Waals surface area contributed by atoms with Crippen LogP contribution in [0, 0.1) is 5.92 Å². The Morgan fingerprint density at radius 2 is 2.53 bits per heavy atom. The molecule has 5 heteroatoms. The van der Waals surface area contributed by atoms with E-state index in [0.717, 1.165) is 19.3 Å². The molecular weight excluding hydrogens is 234 g/mol. The van der Waals surface area contributed by atoms with Gasteiger partial charge in [-0.3, -0.25) is 9.78 Å². The number of nitrogens with two attached hydrogens (primary N) is 1. The summed E-state index contributed by atoms with van der Waals surface area (Å²) in [5, 5.41) is 3.14. The van der Waals surface area contributed by atoms with Crippen LogP contribution in [0.15, 0.2) is 11.7 Å². The number of aromatic nitrogens is 1. The van der Waals surface area contributed by atoms with Gasteiger partial charge in [0.05, 0.1) is 17.2 Å². The van der Waals surface area contributed by atoms with Crippen LogP contribution < -0.4 is 11.1 Å². The fraction of sp³-hybridized carbons (Fsp3) is 0.667. The number of hydrogen-bond acceptors (Lipinski definition) is 4. The molecule has 2 rings (SSSR count). The third-order valence-corrected chi connectivity index (χ3v) is 4.61. The maximum absolute atomic E-state index is 12.1. The largest absolute Gasteiger partial charge is 0.344 e. The van der Waals surface area contributed by atoms with E-state index >= 15 is 0 Å². The molecule has 1 saturated carbocycles. The van der Waals surface area contributed by atoms with E-state index in [-0.39, 0.29) is 11.4 Å². The van der Waals surface area contributed by atoms with Crippen LogP contribution in [0.25, 0.3) is 0 Å². The first kappa shape index (κ1) is 12.5. The lowest BCUT2D eigenvalue weighted by Crippen LogP contribution is -2.59. The van der Waals surface area contributed by atoms with Gasteiger partial charge in [-0.1, -0.05) is 19.8 Å². The molecule has 1 aromatic rings. The maximum atomic E-state index is 12.1. The van der Waals surface area contributed by atoms with Crippen molar-refractivity contribution in [3.05, 3.63) is 16.6 Å². The lowest BCUT2D eigenvalue weighted by atomic mass is 9.73. The molecule has 1 fully saturated rings. The summed E-state index contributed by atoms with van der Waals surface area (Å²) in [7, 11) is 0. The van der Waals surface area contributed by atoms with Crippen molar-refractivity contribution in [3.63, 3.8) is 0 Å². The number of rotatable bonds is 3. The van der Waals surface area contributed by atoms with Crippen molar-refractivity contribution in [2.24, 2.45) is 11.7 Å². The van der Waals surface area contributed by atoms with Gasteiger partial charge in [-0.25, -0.2) is 0 Å². The third-order valence-electron chi connectivity index (χ3n) is 3.84. The molecule has 0 spiro atoms. The molecule has 3 N–H and O–H groups in total. The first-order valence-corrected chi connectivity index (χ1v) is 6.97. The first-order valence-electron chi connectivity index (χ1n) is 6.09. The van der Waals surface area contributed by atoms with Crippen molar-refractivity contribution in [2.45, 2.75) is 38.1 Å².